The maximum absolute atomic E-state index is 11.0. The first kappa shape index (κ1) is 7.02. The molecule has 2 aromatic rings. The van der Waals surface area contributed by atoms with E-state index in [1.54, 1.807) is 7.05 Å². The Morgan fingerprint density at radius 1 is 1.67 bits per heavy atom. The van der Waals surface area contributed by atoms with Crippen molar-refractivity contribution >= 4 is 17.0 Å². The maximum Gasteiger partial charge on any atom is 0.245 e. The second-order valence-electron chi connectivity index (χ2n) is 2.53. The van der Waals surface area contributed by atoms with Crippen LogP contribution >= 0.6 is 0 Å². The predicted molar refractivity (Wildman–Crippen MR) is 40.8 cm³/mol. The van der Waals surface area contributed by atoms with E-state index in [-0.39, 0.29) is 5.78 Å². The number of carbonyl (C=O) groups excluding carboxylic acids is 1. The van der Waals surface area contributed by atoms with Crippen LogP contribution in [0.4, 0.5) is 0 Å². The minimum atomic E-state index is -0.102. The third-order valence-electron chi connectivity index (χ3n) is 1.65. The van der Waals surface area contributed by atoms with Crippen LogP contribution in [0.1, 0.15) is 17.4 Å². The molecule has 2 heterocycles. The number of hydrogen-bond donors (Lipinski definition) is 0. The summed E-state index contributed by atoms with van der Waals surface area (Å²) < 4.78 is 6.52. The number of nitrogens with zero attached hydrogens (tertiary/aromatic N) is 3. The van der Waals surface area contributed by atoms with Crippen LogP contribution < -0.4 is 0 Å². The molecule has 0 amide bonds. The van der Waals surface area contributed by atoms with Gasteiger partial charge in [-0.3, -0.25) is 4.79 Å². The summed E-state index contributed by atoms with van der Waals surface area (Å²) in [5, 5.41) is 3.96. The van der Waals surface area contributed by atoms with Gasteiger partial charge in [0.1, 0.15) is 0 Å². The van der Waals surface area contributed by atoms with Crippen LogP contribution in [0.15, 0.2) is 10.8 Å². The van der Waals surface area contributed by atoms with E-state index in [0.29, 0.717) is 16.9 Å². The quantitative estimate of drug-likeness (QED) is 0.585. The summed E-state index contributed by atoms with van der Waals surface area (Å²) >= 11 is 0. The Morgan fingerprint density at radius 3 is 3.08 bits per heavy atom. The molecule has 0 atom stereocenters. The van der Waals surface area contributed by atoms with Crippen LogP contribution in [0, 0.1) is 0 Å². The van der Waals surface area contributed by atoms with Crippen molar-refractivity contribution in [3.8, 4) is 0 Å². The highest BCUT2D eigenvalue weighted by Crippen LogP contribution is 2.15. The molecule has 0 aliphatic rings. The first-order valence-electron chi connectivity index (χ1n) is 3.47. The van der Waals surface area contributed by atoms with E-state index in [2.05, 4.69) is 10.1 Å². The zero-order valence-electron chi connectivity index (χ0n) is 6.74. The average molecular weight is 165 g/mol. The minimum Gasteiger partial charge on any atom is -0.425 e. The summed E-state index contributed by atoms with van der Waals surface area (Å²) in [5.41, 5.74) is 1.42. The van der Waals surface area contributed by atoms with Gasteiger partial charge in [-0.2, -0.15) is 5.10 Å². The molecule has 0 saturated carbocycles. The molecule has 0 bridgehead atoms. The Hall–Kier alpha value is -1.65. The van der Waals surface area contributed by atoms with Crippen LogP contribution in [0.25, 0.3) is 11.2 Å². The van der Waals surface area contributed by atoms with E-state index in [9.17, 15) is 4.79 Å². The predicted octanol–water partition coefficient (Wildman–Crippen LogP) is 0.764. The molecule has 0 spiro atoms. The van der Waals surface area contributed by atoms with Gasteiger partial charge < -0.3 is 4.42 Å². The summed E-state index contributed by atoms with van der Waals surface area (Å²) in [6, 6.07) is 0. The smallest absolute Gasteiger partial charge is 0.245 e. The van der Waals surface area contributed by atoms with Crippen molar-refractivity contribution < 1.29 is 9.21 Å². The van der Waals surface area contributed by atoms with Gasteiger partial charge in [0.05, 0.1) is 0 Å². The summed E-state index contributed by atoms with van der Waals surface area (Å²) in [4.78, 5) is 14.9. The van der Waals surface area contributed by atoms with Crippen LogP contribution in [0.5, 0.6) is 0 Å². The highest BCUT2D eigenvalue weighted by atomic mass is 16.3. The average Bonchev–Trinajstić information content (AvgIpc) is 2.53. The van der Waals surface area contributed by atoms with Gasteiger partial charge in [0.15, 0.2) is 23.4 Å². The molecule has 0 fully saturated rings. The van der Waals surface area contributed by atoms with Crippen LogP contribution in [0.2, 0.25) is 0 Å². The van der Waals surface area contributed by atoms with Gasteiger partial charge in [0.2, 0.25) is 5.71 Å². The van der Waals surface area contributed by atoms with E-state index in [1.807, 2.05) is 0 Å². The topological polar surface area (TPSA) is 60.9 Å². The van der Waals surface area contributed by atoms with E-state index < -0.39 is 0 Å². The van der Waals surface area contributed by atoms with Gasteiger partial charge in [-0.1, -0.05) is 0 Å². The normalized spacial score (nSPS) is 10.8. The fraction of sp³-hybridized carbons (Fsp3) is 0.286. The molecule has 0 radical (unpaired) electrons. The molecule has 2 aromatic heterocycles. The first-order chi connectivity index (χ1) is 5.70. The Labute approximate surface area is 68.0 Å². The molecule has 5 heteroatoms. The van der Waals surface area contributed by atoms with Gasteiger partial charge in [0, 0.05) is 14.0 Å². The number of aryl methyl sites for hydroxylation is 1. The molecule has 0 aliphatic carbocycles. The standard InChI is InChI=1S/C7H7N3O2/c1-4(11)5-6-7(10(2)9-5)12-3-8-6/h3H,1-2H3. The molecule has 0 saturated heterocycles. The number of aromatic nitrogens is 3. The van der Waals surface area contributed by atoms with Crippen molar-refractivity contribution in [3.63, 3.8) is 0 Å². The van der Waals surface area contributed by atoms with Crippen molar-refractivity contribution in [1.82, 2.24) is 14.8 Å². The number of oxazole rings is 1. The second-order valence-corrected chi connectivity index (χ2v) is 2.53. The Balaban J connectivity index is 2.83. The summed E-state index contributed by atoms with van der Waals surface area (Å²) in [5.74, 6) is -0.102. The highest BCUT2D eigenvalue weighted by Gasteiger charge is 2.15. The van der Waals surface area contributed by atoms with Gasteiger partial charge in [-0.25, -0.2) is 9.67 Å². The SMILES string of the molecule is CC(=O)c1nn(C)c2ocnc12. The lowest BCUT2D eigenvalue weighted by molar-refractivity contribution is 0.101. The summed E-state index contributed by atoms with van der Waals surface area (Å²) in [6.45, 7) is 1.45. The molecular formula is C7H7N3O2. The van der Waals surface area contributed by atoms with Gasteiger partial charge in [0.25, 0.3) is 0 Å². The van der Waals surface area contributed by atoms with Crippen molar-refractivity contribution in [1.29, 1.82) is 0 Å². The van der Waals surface area contributed by atoms with Gasteiger partial charge in [-0.15, -0.1) is 0 Å². The molecule has 12 heavy (non-hydrogen) atoms. The van der Waals surface area contributed by atoms with E-state index in [0.717, 1.165) is 0 Å². The maximum atomic E-state index is 11.0. The highest BCUT2D eigenvalue weighted by molar-refractivity contribution is 6.02. The van der Waals surface area contributed by atoms with E-state index >= 15 is 0 Å². The number of fused-ring (bicyclic) bond motifs is 1. The number of ketones is 1. The molecule has 5 nitrogen and oxygen atoms in total. The summed E-state index contributed by atoms with van der Waals surface area (Å²) in [7, 11) is 1.71. The van der Waals surface area contributed by atoms with Gasteiger partial charge in [-0.05, 0) is 0 Å². The zero-order chi connectivity index (χ0) is 8.72. The lowest BCUT2D eigenvalue weighted by atomic mass is 10.3. The Kier molecular flexibility index (Phi) is 1.27. The minimum absolute atomic E-state index is 0.102. The number of rotatable bonds is 1. The Bertz CT molecular complexity index is 440. The molecule has 2 rings (SSSR count). The second kappa shape index (κ2) is 2.17. The van der Waals surface area contributed by atoms with Crippen LogP contribution in [-0.4, -0.2) is 20.5 Å². The van der Waals surface area contributed by atoms with Crippen LogP contribution in [-0.2, 0) is 7.05 Å². The van der Waals surface area contributed by atoms with Crippen molar-refractivity contribution in [2.45, 2.75) is 6.92 Å². The molecule has 0 aromatic carbocycles. The zero-order valence-corrected chi connectivity index (χ0v) is 6.74. The largest absolute Gasteiger partial charge is 0.425 e. The fourth-order valence-corrected chi connectivity index (χ4v) is 1.11. The van der Waals surface area contributed by atoms with Crippen molar-refractivity contribution in [2.75, 3.05) is 0 Å². The lowest BCUT2D eigenvalue weighted by Crippen LogP contribution is -1.96. The number of Topliss-reactive ketones (excluding diaryl/α,β-unsaturated/α-hetero) is 1. The van der Waals surface area contributed by atoms with Gasteiger partial charge >= 0.3 is 0 Å². The fourth-order valence-electron chi connectivity index (χ4n) is 1.11. The van der Waals surface area contributed by atoms with Crippen molar-refractivity contribution in [3.05, 3.63) is 12.1 Å². The Morgan fingerprint density at radius 2 is 2.42 bits per heavy atom. The third-order valence-corrected chi connectivity index (χ3v) is 1.65. The van der Waals surface area contributed by atoms with Crippen LogP contribution in [0.3, 0.4) is 0 Å². The summed E-state index contributed by atoms with van der Waals surface area (Å²) in [6.07, 6.45) is 1.30. The first-order valence-corrected chi connectivity index (χ1v) is 3.47. The molecule has 0 unspecified atom stereocenters. The van der Waals surface area contributed by atoms with E-state index in [4.69, 9.17) is 4.42 Å². The lowest BCUT2D eigenvalue weighted by Gasteiger charge is -1.85. The van der Waals surface area contributed by atoms with E-state index in [1.165, 1.54) is 18.0 Å². The molecule has 0 N–H and O–H groups in total. The molecule has 62 valence electrons. The van der Waals surface area contributed by atoms with Crippen molar-refractivity contribution in [2.24, 2.45) is 7.05 Å². The third kappa shape index (κ3) is 0.761. The number of hydrogen-bond acceptors (Lipinski definition) is 4. The monoisotopic (exact) mass is 165 g/mol. The molecule has 0 aliphatic heterocycles. The molecular weight excluding hydrogens is 158 g/mol. The number of carbonyl (C=O) groups is 1.